The van der Waals surface area contributed by atoms with Crippen LogP contribution in [0.5, 0.6) is 0 Å². The quantitative estimate of drug-likeness (QED) is 0.705. The van der Waals surface area contributed by atoms with Gasteiger partial charge in [-0.05, 0) is 66.9 Å². The summed E-state index contributed by atoms with van der Waals surface area (Å²) in [4.78, 5) is 16.8. The van der Waals surface area contributed by atoms with E-state index in [1.54, 1.807) is 60.9 Å². The van der Waals surface area contributed by atoms with E-state index in [-0.39, 0.29) is 16.8 Å². The molecule has 1 atom stereocenters. The zero-order valence-corrected chi connectivity index (χ0v) is 16.8. The van der Waals surface area contributed by atoms with Gasteiger partial charge in [-0.2, -0.15) is 0 Å². The molecule has 1 aromatic heterocycles. The van der Waals surface area contributed by atoms with Gasteiger partial charge in [-0.15, -0.1) is 0 Å². The Hall–Kier alpha value is -3.19. The fourth-order valence-electron chi connectivity index (χ4n) is 3.60. The Morgan fingerprint density at radius 2 is 1.83 bits per heavy atom. The molecule has 1 aliphatic heterocycles. The van der Waals surface area contributed by atoms with Gasteiger partial charge in [0.25, 0.3) is 15.9 Å². The van der Waals surface area contributed by atoms with Gasteiger partial charge in [0.1, 0.15) is 0 Å². The van der Waals surface area contributed by atoms with E-state index < -0.39 is 10.0 Å². The van der Waals surface area contributed by atoms with Crippen molar-refractivity contribution in [3.05, 3.63) is 89.7 Å². The fourth-order valence-corrected chi connectivity index (χ4v) is 5.31. The van der Waals surface area contributed by atoms with Gasteiger partial charge in [-0.25, -0.2) is 8.42 Å². The number of nitrogens with zero attached hydrogens (tertiary/aromatic N) is 2. The van der Waals surface area contributed by atoms with Gasteiger partial charge in [-0.1, -0.05) is 18.2 Å². The summed E-state index contributed by atoms with van der Waals surface area (Å²) in [7, 11) is -3.65. The van der Waals surface area contributed by atoms with E-state index in [1.807, 2.05) is 19.1 Å². The average molecular weight is 407 g/mol. The molecule has 1 N–H and O–H groups in total. The lowest BCUT2D eigenvalue weighted by atomic mass is 10.1. The zero-order valence-electron chi connectivity index (χ0n) is 15.9. The van der Waals surface area contributed by atoms with Gasteiger partial charge in [0.15, 0.2) is 0 Å². The van der Waals surface area contributed by atoms with Gasteiger partial charge in [0.2, 0.25) is 0 Å². The first kappa shape index (κ1) is 19.1. The van der Waals surface area contributed by atoms with Crippen LogP contribution in [0.4, 0.5) is 5.69 Å². The Morgan fingerprint density at radius 3 is 2.55 bits per heavy atom. The molecular weight excluding hydrogens is 386 g/mol. The van der Waals surface area contributed by atoms with Crippen LogP contribution < -0.4 is 9.62 Å². The normalized spacial score (nSPS) is 15.8. The number of pyridine rings is 1. The monoisotopic (exact) mass is 407 g/mol. The van der Waals surface area contributed by atoms with E-state index in [2.05, 4.69) is 10.3 Å². The third-order valence-corrected chi connectivity index (χ3v) is 6.94. The molecule has 0 bridgehead atoms. The molecule has 0 unspecified atom stereocenters. The molecule has 3 aromatic rings. The lowest BCUT2D eigenvalue weighted by Gasteiger charge is -2.24. The first-order valence-corrected chi connectivity index (χ1v) is 10.8. The molecule has 148 valence electrons. The lowest BCUT2D eigenvalue weighted by molar-refractivity contribution is 0.0951. The summed E-state index contributed by atoms with van der Waals surface area (Å²) in [6, 6.07) is 17.1. The van der Waals surface area contributed by atoms with Crippen LogP contribution in [-0.2, 0) is 23.0 Å². The van der Waals surface area contributed by atoms with E-state index >= 15 is 0 Å². The van der Waals surface area contributed by atoms with Gasteiger partial charge >= 0.3 is 0 Å². The highest BCUT2D eigenvalue weighted by Crippen LogP contribution is 2.37. The Balaban J connectivity index is 1.57. The molecule has 0 aliphatic carbocycles. The van der Waals surface area contributed by atoms with Crippen molar-refractivity contribution in [1.29, 1.82) is 0 Å². The van der Waals surface area contributed by atoms with Gasteiger partial charge in [-0.3, -0.25) is 14.1 Å². The zero-order chi connectivity index (χ0) is 20.4. The molecular formula is C22H21N3O3S. The van der Waals surface area contributed by atoms with E-state index in [1.165, 1.54) is 4.31 Å². The number of fused-ring (bicyclic) bond motifs is 1. The summed E-state index contributed by atoms with van der Waals surface area (Å²) in [6.45, 7) is 2.28. The molecule has 4 rings (SSSR count). The first-order chi connectivity index (χ1) is 14.0. The maximum absolute atomic E-state index is 13.1. The number of anilines is 1. The van der Waals surface area contributed by atoms with E-state index in [0.717, 1.165) is 11.1 Å². The van der Waals surface area contributed by atoms with E-state index in [9.17, 15) is 13.2 Å². The van der Waals surface area contributed by atoms with Crippen LogP contribution in [0.25, 0.3) is 0 Å². The van der Waals surface area contributed by atoms with Crippen LogP contribution in [0, 0.1) is 0 Å². The highest BCUT2D eigenvalue weighted by Gasteiger charge is 2.36. The minimum absolute atomic E-state index is 0.193. The average Bonchev–Trinajstić information content (AvgIpc) is 3.09. The Bertz CT molecular complexity index is 1130. The second-order valence-electron chi connectivity index (χ2n) is 7.05. The minimum atomic E-state index is -3.65. The number of hydrogen-bond acceptors (Lipinski definition) is 4. The van der Waals surface area contributed by atoms with Crippen molar-refractivity contribution in [3.8, 4) is 0 Å². The number of aromatic nitrogens is 1. The maximum Gasteiger partial charge on any atom is 0.264 e. The molecule has 0 saturated heterocycles. The number of carbonyl (C=O) groups is 1. The summed E-state index contributed by atoms with van der Waals surface area (Å²) in [6.07, 6.45) is 3.92. The van der Waals surface area contributed by atoms with Gasteiger partial charge in [0, 0.05) is 30.5 Å². The smallest absolute Gasteiger partial charge is 0.264 e. The predicted octanol–water partition coefficient (Wildman–Crippen LogP) is 3.15. The number of benzene rings is 2. The fraction of sp³-hybridized carbons (Fsp3) is 0.182. The minimum Gasteiger partial charge on any atom is -0.348 e. The third kappa shape index (κ3) is 3.73. The molecule has 0 saturated carbocycles. The summed E-state index contributed by atoms with van der Waals surface area (Å²) in [5.74, 6) is -0.193. The summed E-state index contributed by atoms with van der Waals surface area (Å²) >= 11 is 0. The molecule has 0 spiro atoms. The highest BCUT2D eigenvalue weighted by atomic mass is 32.2. The highest BCUT2D eigenvalue weighted by molar-refractivity contribution is 7.92. The first-order valence-electron chi connectivity index (χ1n) is 9.36. The lowest BCUT2D eigenvalue weighted by Crippen LogP contribution is -2.35. The maximum atomic E-state index is 13.1. The molecule has 29 heavy (non-hydrogen) atoms. The Morgan fingerprint density at radius 1 is 1.10 bits per heavy atom. The Kier molecular flexibility index (Phi) is 5.07. The largest absolute Gasteiger partial charge is 0.348 e. The van der Waals surface area contributed by atoms with Crippen molar-refractivity contribution in [2.75, 3.05) is 4.31 Å². The molecule has 0 fully saturated rings. The van der Waals surface area contributed by atoms with Crippen molar-refractivity contribution in [2.24, 2.45) is 0 Å². The second-order valence-corrected chi connectivity index (χ2v) is 8.86. The van der Waals surface area contributed by atoms with Crippen LogP contribution in [0.15, 0.2) is 78.0 Å². The molecule has 2 aromatic carbocycles. The van der Waals surface area contributed by atoms with Crippen LogP contribution >= 0.6 is 0 Å². The van der Waals surface area contributed by atoms with Crippen molar-refractivity contribution < 1.29 is 13.2 Å². The number of nitrogens with one attached hydrogen (secondary N) is 1. The standard InChI is InChI=1S/C22H21N3O3S/c1-16-13-19-14-18(22(26)24-15-17-9-11-23-12-10-17)7-8-21(19)25(16)29(27,28)20-5-3-2-4-6-20/h2-12,14,16H,13,15H2,1H3,(H,24,26)/t16-/m1/s1. The molecule has 1 amide bonds. The molecule has 6 nitrogen and oxygen atoms in total. The van der Waals surface area contributed by atoms with Crippen LogP contribution in [0.1, 0.15) is 28.4 Å². The van der Waals surface area contributed by atoms with Gasteiger partial charge < -0.3 is 5.32 Å². The van der Waals surface area contributed by atoms with Crippen molar-refractivity contribution >= 4 is 21.6 Å². The summed E-state index contributed by atoms with van der Waals surface area (Å²) in [5.41, 5.74) is 2.97. The second kappa shape index (κ2) is 7.67. The SMILES string of the molecule is C[C@@H]1Cc2cc(C(=O)NCc3ccncc3)ccc2N1S(=O)(=O)c1ccccc1. The van der Waals surface area contributed by atoms with Crippen molar-refractivity contribution in [3.63, 3.8) is 0 Å². The predicted molar refractivity (Wildman–Crippen MR) is 111 cm³/mol. The molecule has 7 heteroatoms. The van der Waals surface area contributed by atoms with E-state index in [0.29, 0.717) is 24.2 Å². The topological polar surface area (TPSA) is 79.4 Å². The van der Waals surface area contributed by atoms with Crippen LogP contribution in [-0.4, -0.2) is 25.4 Å². The van der Waals surface area contributed by atoms with Gasteiger partial charge in [0.05, 0.1) is 10.6 Å². The number of carbonyl (C=O) groups excluding carboxylic acids is 1. The molecule has 2 heterocycles. The van der Waals surface area contributed by atoms with Crippen molar-refractivity contribution in [2.45, 2.75) is 30.8 Å². The van der Waals surface area contributed by atoms with E-state index in [4.69, 9.17) is 0 Å². The number of rotatable bonds is 5. The van der Waals surface area contributed by atoms with Crippen molar-refractivity contribution in [1.82, 2.24) is 10.3 Å². The number of amides is 1. The Labute approximate surface area is 170 Å². The van der Waals surface area contributed by atoms with Crippen LogP contribution in [0.3, 0.4) is 0 Å². The summed E-state index contributed by atoms with van der Waals surface area (Å²) < 4.78 is 27.7. The third-order valence-electron chi connectivity index (χ3n) is 5.00. The number of sulfonamides is 1. The molecule has 1 aliphatic rings. The number of hydrogen-bond donors (Lipinski definition) is 1. The summed E-state index contributed by atoms with van der Waals surface area (Å²) in [5, 5.41) is 2.89. The molecule has 0 radical (unpaired) electrons. The van der Waals surface area contributed by atoms with Crippen LogP contribution in [0.2, 0.25) is 0 Å².